The van der Waals surface area contributed by atoms with Gasteiger partial charge in [0.1, 0.15) is 5.83 Å². The Morgan fingerprint density at radius 2 is 1.77 bits per heavy atom. The number of halogens is 1. The first-order chi connectivity index (χ1) is 10.6. The van der Waals surface area contributed by atoms with Crippen molar-refractivity contribution in [1.29, 1.82) is 0 Å². The van der Waals surface area contributed by atoms with E-state index in [1.165, 1.54) is 18.4 Å². The highest BCUT2D eigenvalue weighted by molar-refractivity contribution is 5.77. The molecule has 0 spiro atoms. The van der Waals surface area contributed by atoms with Crippen LogP contribution in [0.1, 0.15) is 69.9 Å². The summed E-state index contributed by atoms with van der Waals surface area (Å²) >= 11 is 0. The molecule has 0 amide bonds. The van der Waals surface area contributed by atoms with Crippen molar-refractivity contribution in [3.63, 3.8) is 0 Å². The van der Waals surface area contributed by atoms with Gasteiger partial charge in [0.2, 0.25) is 0 Å². The number of rotatable bonds is 4. The second kappa shape index (κ2) is 7.73. The Bertz CT molecular complexity index is 546. The largest absolute Gasteiger partial charge is 0.328 e. The van der Waals surface area contributed by atoms with Gasteiger partial charge in [-0.2, -0.15) is 0 Å². The van der Waals surface area contributed by atoms with Crippen molar-refractivity contribution in [2.75, 3.05) is 0 Å². The second-order valence-electron chi connectivity index (χ2n) is 6.38. The van der Waals surface area contributed by atoms with Crippen LogP contribution in [-0.2, 0) is 0 Å². The average Bonchev–Trinajstić information content (AvgIpc) is 2.56. The van der Waals surface area contributed by atoms with Gasteiger partial charge in [0.25, 0.3) is 0 Å². The summed E-state index contributed by atoms with van der Waals surface area (Å²) in [6.07, 6.45) is 7.16. The van der Waals surface area contributed by atoms with Crippen molar-refractivity contribution < 1.29 is 4.39 Å². The van der Waals surface area contributed by atoms with E-state index < -0.39 is 0 Å². The lowest BCUT2D eigenvalue weighted by Crippen LogP contribution is -2.25. The Morgan fingerprint density at radius 3 is 2.27 bits per heavy atom. The molecule has 2 N–H and O–H groups in total. The molecule has 0 aromatic heterocycles. The van der Waals surface area contributed by atoms with Crippen molar-refractivity contribution in [3.05, 3.63) is 52.9 Å². The molecule has 2 rings (SSSR count). The molecule has 0 atom stereocenters. The number of hydrogen-bond acceptors (Lipinski definition) is 1. The fourth-order valence-electron chi connectivity index (χ4n) is 3.19. The Labute approximate surface area is 134 Å². The van der Waals surface area contributed by atoms with Crippen molar-refractivity contribution in [2.45, 2.75) is 64.8 Å². The van der Waals surface area contributed by atoms with Gasteiger partial charge in [-0.3, -0.25) is 0 Å². The molecule has 0 radical (unpaired) electrons. The van der Waals surface area contributed by atoms with Gasteiger partial charge >= 0.3 is 0 Å². The first-order valence-corrected chi connectivity index (χ1v) is 8.44. The van der Waals surface area contributed by atoms with Crippen LogP contribution in [0.15, 0.2) is 41.7 Å². The minimum absolute atomic E-state index is 0.0820. The van der Waals surface area contributed by atoms with Crippen molar-refractivity contribution in [2.24, 2.45) is 5.73 Å². The van der Waals surface area contributed by atoms with Gasteiger partial charge in [0.05, 0.1) is 0 Å². The summed E-state index contributed by atoms with van der Waals surface area (Å²) in [6.45, 7) is 5.74. The summed E-state index contributed by atoms with van der Waals surface area (Å²) in [6, 6.07) is 8.81. The van der Waals surface area contributed by atoms with E-state index in [4.69, 9.17) is 5.73 Å². The van der Waals surface area contributed by atoms with E-state index in [1.54, 1.807) is 0 Å². The Hall–Kier alpha value is -1.41. The topological polar surface area (TPSA) is 26.0 Å². The van der Waals surface area contributed by atoms with Gasteiger partial charge < -0.3 is 5.73 Å². The zero-order valence-corrected chi connectivity index (χ0v) is 14.0. The van der Waals surface area contributed by atoms with Crippen LogP contribution in [0, 0.1) is 0 Å². The standard InChI is InChI=1S/C20H28FN/c1-4-14(3)20(21)19(5-2)17-8-6-15(7-9-17)16-10-12-18(22)13-11-16/h5-9,16,18H,4,10-13,22H2,1-3H3/b19-5-,20-14+. The lowest BCUT2D eigenvalue weighted by molar-refractivity contribution is 0.395. The SMILES string of the molecule is C/C=C(\C(F)=C(\C)CC)c1ccc(C2CCC(N)CC2)cc1. The first kappa shape index (κ1) is 17.0. The molecule has 1 fully saturated rings. The van der Waals surface area contributed by atoms with Crippen molar-refractivity contribution >= 4 is 5.57 Å². The molecule has 0 aliphatic heterocycles. The second-order valence-corrected chi connectivity index (χ2v) is 6.38. The minimum atomic E-state index is -0.0820. The maximum Gasteiger partial charge on any atom is 0.129 e. The molecule has 1 saturated carbocycles. The molecule has 1 aromatic rings. The normalized spacial score (nSPS) is 24.1. The first-order valence-electron chi connectivity index (χ1n) is 8.44. The average molecular weight is 301 g/mol. The molecule has 1 aliphatic rings. The summed E-state index contributed by atoms with van der Waals surface area (Å²) in [7, 11) is 0. The molecule has 1 nitrogen and oxygen atoms in total. The molecule has 0 bridgehead atoms. The van der Waals surface area contributed by atoms with Gasteiger partial charge in [-0.25, -0.2) is 4.39 Å². The molecule has 1 aromatic carbocycles. The summed E-state index contributed by atoms with van der Waals surface area (Å²) in [4.78, 5) is 0. The highest BCUT2D eigenvalue weighted by atomic mass is 19.1. The van der Waals surface area contributed by atoms with Crippen LogP contribution in [0.5, 0.6) is 0 Å². The third kappa shape index (κ3) is 3.86. The Morgan fingerprint density at radius 1 is 1.18 bits per heavy atom. The summed E-state index contributed by atoms with van der Waals surface area (Å²) in [5.41, 5.74) is 9.81. The van der Waals surface area contributed by atoms with E-state index >= 15 is 0 Å². The third-order valence-electron chi connectivity index (χ3n) is 4.90. The zero-order chi connectivity index (χ0) is 16.1. The smallest absolute Gasteiger partial charge is 0.129 e. The van der Waals surface area contributed by atoms with Gasteiger partial charge in [-0.05, 0) is 68.6 Å². The summed E-state index contributed by atoms with van der Waals surface area (Å²) in [5, 5.41) is 0. The fourth-order valence-corrected chi connectivity index (χ4v) is 3.19. The van der Waals surface area contributed by atoms with Gasteiger partial charge in [0.15, 0.2) is 0 Å². The minimum Gasteiger partial charge on any atom is -0.328 e. The van der Waals surface area contributed by atoms with Crippen molar-refractivity contribution in [1.82, 2.24) is 0 Å². The predicted molar refractivity (Wildman–Crippen MR) is 93.4 cm³/mol. The van der Waals surface area contributed by atoms with Gasteiger partial charge in [-0.15, -0.1) is 0 Å². The lowest BCUT2D eigenvalue weighted by atomic mass is 9.81. The summed E-state index contributed by atoms with van der Waals surface area (Å²) in [5.74, 6) is 0.530. The van der Waals surface area contributed by atoms with Gasteiger partial charge in [0, 0.05) is 11.6 Å². The Balaban J connectivity index is 2.18. The van der Waals surface area contributed by atoms with Crippen LogP contribution >= 0.6 is 0 Å². The monoisotopic (exact) mass is 301 g/mol. The molecule has 120 valence electrons. The zero-order valence-electron chi connectivity index (χ0n) is 14.0. The molecule has 22 heavy (non-hydrogen) atoms. The van der Waals surface area contributed by atoms with Crippen LogP contribution in [0.2, 0.25) is 0 Å². The number of allylic oxidation sites excluding steroid dienone is 4. The number of nitrogens with two attached hydrogens (primary N) is 1. The van der Waals surface area contributed by atoms with Crippen LogP contribution in [0.25, 0.3) is 5.57 Å². The number of benzene rings is 1. The summed E-state index contributed by atoms with van der Waals surface area (Å²) < 4.78 is 14.4. The van der Waals surface area contributed by atoms with Crippen LogP contribution in [0.4, 0.5) is 4.39 Å². The highest BCUT2D eigenvalue weighted by Crippen LogP contribution is 2.34. The van der Waals surface area contributed by atoms with Crippen molar-refractivity contribution in [3.8, 4) is 0 Å². The van der Waals surface area contributed by atoms with E-state index in [1.807, 2.05) is 26.8 Å². The van der Waals surface area contributed by atoms with Gasteiger partial charge in [-0.1, -0.05) is 37.3 Å². The molecular weight excluding hydrogens is 273 g/mol. The van der Waals surface area contributed by atoms with Crippen LogP contribution in [-0.4, -0.2) is 6.04 Å². The molecule has 1 aliphatic carbocycles. The molecule has 0 unspecified atom stereocenters. The third-order valence-corrected chi connectivity index (χ3v) is 4.90. The molecule has 0 saturated heterocycles. The van der Waals surface area contributed by atoms with E-state index in [9.17, 15) is 4.39 Å². The predicted octanol–water partition coefficient (Wildman–Crippen LogP) is 5.73. The maximum atomic E-state index is 14.4. The highest BCUT2D eigenvalue weighted by Gasteiger charge is 2.20. The number of hydrogen-bond donors (Lipinski definition) is 1. The maximum absolute atomic E-state index is 14.4. The van der Waals surface area contributed by atoms with E-state index in [0.717, 1.165) is 30.4 Å². The van der Waals surface area contributed by atoms with Crippen LogP contribution in [0.3, 0.4) is 0 Å². The molecule has 0 heterocycles. The Kier molecular flexibility index (Phi) is 5.96. The molecular formula is C20H28FN. The van der Waals surface area contributed by atoms with E-state index in [-0.39, 0.29) is 5.83 Å². The molecule has 2 heteroatoms. The van der Waals surface area contributed by atoms with E-state index in [2.05, 4.69) is 24.3 Å². The van der Waals surface area contributed by atoms with Crippen LogP contribution < -0.4 is 5.73 Å². The van der Waals surface area contributed by atoms with E-state index in [0.29, 0.717) is 17.5 Å². The lowest BCUT2D eigenvalue weighted by Gasteiger charge is -2.26. The quantitative estimate of drug-likeness (QED) is 0.706. The fraction of sp³-hybridized carbons (Fsp3) is 0.500.